The van der Waals surface area contributed by atoms with Gasteiger partial charge >= 0.3 is 0 Å². The van der Waals surface area contributed by atoms with E-state index in [1.807, 2.05) is 0 Å². The van der Waals surface area contributed by atoms with Crippen LogP contribution in [0.5, 0.6) is 0 Å². The molecule has 0 heterocycles. The molecule has 0 bridgehead atoms. The third kappa shape index (κ3) is 105. The van der Waals surface area contributed by atoms with Crippen molar-refractivity contribution in [1.82, 2.24) is 0 Å². The van der Waals surface area contributed by atoms with Gasteiger partial charge in [-0.05, 0) is 87.3 Å². The Bertz CT molecular complexity index is 772. The molecular formula is C70H160. The summed E-state index contributed by atoms with van der Waals surface area (Å²) in [6.07, 6.45) is 25.3. The molecule has 0 aromatic carbocycles. The lowest BCUT2D eigenvalue weighted by Gasteiger charge is -2.22. The van der Waals surface area contributed by atoms with E-state index < -0.39 is 0 Å². The van der Waals surface area contributed by atoms with Crippen molar-refractivity contribution in [3.8, 4) is 0 Å². The predicted octanol–water partition coefficient (Wildman–Crippen LogP) is 27.9. The lowest BCUT2D eigenvalue weighted by molar-refractivity contribution is 0.283. The standard InChI is InChI=1S/10C7H16/c1-6(2)7(3,4)5;2*1-5-6-7(2,3)4;2*1-5-7(3,4)6-2;2*1-5-7(4)6(2)3;2*1-4-6-7(3)5-2;1-4-7(5-2)6-3/h6H,1-5H3;4*5-6H2,1-4H3;2*6-7H,5H2,1-4H3;3*7H,4-6H2,1-3H3. The fourth-order valence-electron chi connectivity index (χ4n) is 5.20. The largest absolute Gasteiger partial charge is 0.0654 e. The second-order valence-corrected chi connectivity index (χ2v) is 27.8. The Hall–Kier alpha value is 0. The third-order valence-corrected chi connectivity index (χ3v) is 15.8. The molecule has 440 valence electrons. The first-order chi connectivity index (χ1) is 31.6. The van der Waals surface area contributed by atoms with Crippen LogP contribution >= 0.6 is 0 Å². The van der Waals surface area contributed by atoms with E-state index in [9.17, 15) is 0 Å². The number of rotatable bonds is 19. The summed E-state index contributed by atoms with van der Waals surface area (Å²) >= 11 is 0. The smallest absolute Gasteiger partial charge is 0.0359 e. The van der Waals surface area contributed by atoms with Crippen molar-refractivity contribution in [2.24, 2.45) is 74.4 Å². The highest BCUT2D eigenvalue weighted by molar-refractivity contribution is 4.65. The molecule has 4 atom stereocenters. The Labute approximate surface area is 457 Å². The van der Waals surface area contributed by atoms with Crippen LogP contribution in [0.15, 0.2) is 0 Å². The number of hydrogen-bond donors (Lipinski definition) is 0. The summed E-state index contributed by atoms with van der Waals surface area (Å²) in [4.78, 5) is 0. The minimum absolute atomic E-state index is 0.500. The molecule has 0 heteroatoms. The van der Waals surface area contributed by atoms with Gasteiger partial charge in [-0.25, -0.2) is 0 Å². The van der Waals surface area contributed by atoms with Crippen molar-refractivity contribution in [3.63, 3.8) is 0 Å². The summed E-state index contributed by atoms with van der Waals surface area (Å²) in [6.45, 7) is 86.1. The molecule has 0 N–H and O–H groups in total. The van der Waals surface area contributed by atoms with Gasteiger partial charge in [0.05, 0.1) is 0 Å². The van der Waals surface area contributed by atoms with E-state index in [2.05, 4.69) is 263 Å². The van der Waals surface area contributed by atoms with Gasteiger partial charge in [0.2, 0.25) is 0 Å². The molecule has 0 aliphatic carbocycles. The molecule has 0 fully saturated rings. The molecule has 0 amide bonds. The first-order valence-corrected chi connectivity index (χ1v) is 31.6. The third-order valence-electron chi connectivity index (χ3n) is 15.8. The van der Waals surface area contributed by atoms with Gasteiger partial charge in [0.15, 0.2) is 0 Å². The highest BCUT2D eigenvalue weighted by Crippen LogP contribution is 2.25. The fourth-order valence-corrected chi connectivity index (χ4v) is 5.20. The molecule has 0 saturated heterocycles. The van der Waals surface area contributed by atoms with E-state index in [1.165, 1.54) is 122 Å². The first kappa shape index (κ1) is 92.6. The molecular weight excluding hydrogens is 841 g/mol. The monoisotopic (exact) mass is 1000 g/mol. The normalized spacial score (nSPS) is 12.9. The molecule has 70 heavy (non-hydrogen) atoms. The topological polar surface area (TPSA) is 0 Å². The van der Waals surface area contributed by atoms with E-state index in [4.69, 9.17) is 0 Å². The van der Waals surface area contributed by atoms with E-state index in [0.29, 0.717) is 27.1 Å². The molecule has 4 unspecified atom stereocenters. The van der Waals surface area contributed by atoms with Crippen LogP contribution in [-0.2, 0) is 0 Å². The molecule has 0 saturated carbocycles. The summed E-state index contributed by atoms with van der Waals surface area (Å²) in [5.74, 6) is 7.22. The summed E-state index contributed by atoms with van der Waals surface area (Å²) in [6, 6.07) is 0. The lowest BCUT2D eigenvalue weighted by Crippen LogP contribution is -2.12. The Kier molecular flexibility index (Phi) is 79.2. The van der Waals surface area contributed by atoms with Crippen LogP contribution < -0.4 is 0 Å². The van der Waals surface area contributed by atoms with Crippen LogP contribution in [0.3, 0.4) is 0 Å². The summed E-state index contributed by atoms with van der Waals surface area (Å²) in [5, 5.41) is 0. The van der Waals surface area contributed by atoms with Crippen molar-refractivity contribution in [2.75, 3.05) is 0 Å². The van der Waals surface area contributed by atoms with Crippen LogP contribution in [0.1, 0.15) is 385 Å². The van der Waals surface area contributed by atoms with Gasteiger partial charge in [0.25, 0.3) is 0 Å². The highest BCUT2D eigenvalue weighted by Gasteiger charge is 2.14. The first-order valence-electron chi connectivity index (χ1n) is 31.6. The van der Waals surface area contributed by atoms with Crippen molar-refractivity contribution in [3.05, 3.63) is 0 Å². The number of hydrogen-bond acceptors (Lipinski definition) is 0. The predicted molar refractivity (Wildman–Crippen MR) is 343 cm³/mol. The Morgan fingerprint density at radius 2 is 0.500 bits per heavy atom. The average molecular weight is 1000 g/mol. The summed E-state index contributed by atoms with van der Waals surface area (Å²) in [5.41, 5.74) is 2.77. The highest BCUT2D eigenvalue weighted by atomic mass is 14.2. The molecule has 0 aliphatic rings. The Morgan fingerprint density at radius 3 is 0.514 bits per heavy atom. The second kappa shape index (κ2) is 59.9. The minimum Gasteiger partial charge on any atom is -0.0654 e. The molecule has 0 aromatic heterocycles. The zero-order chi connectivity index (χ0) is 58.6. The van der Waals surface area contributed by atoms with Gasteiger partial charge in [0.1, 0.15) is 0 Å². The quantitative estimate of drug-likeness (QED) is 0.121. The minimum atomic E-state index is 0.500. The fraction of sp³-hybridized carbons (Fsp3) is 1.00. The van der Waals surface area contributed by atoms with Crippen LogP contribution in [0, 0.1) is 74.4 Å². The summed E-state index contributed by atoms with van der Waals surface area (Å²) < 4.78 is 0. The zero-order valence-corrected chi connectivity index (χ0v) is 58.6. The van der Waals surface area contributed by atoms with Crippen LogP contribution in [-0.4, -0.2) is 0 Å². The Morgan fingerprint density at radius 1 is 0.286 bits per heavy atom. The van der Waals surface area contributed by atoms with E-state index in [0.717, 1.165) is 47.3 Å². The van der Waals surface area contributed by atoms with Gasteiger partial charge in [0, 0.05) is 0 Å². The van der Waals surface area contributed by atoms with E-state index >= 15 is 0 Å². The molecule has 0 spiro atoms. The lowest BCUT2D eigenvalue weighted by atomic mass is 9.84. The van der Waals surface area contributed by atoms with E-state index in [1.54, 1.807) is 0 Å². The van der Waals surface area contributed by atoms with Crippen LogP contribution in [0.25, 0.3) is 0 Å². The maximum absolute atomic E-state index is 2.31. The van der Waals surface area contributed by atoms with Gasteiger partial charge in [-0.2, -0.15) is 0 Å². The van der Waals surface area contributed by atoms with Crippen molar-refractivity contribution < 1.29 is 0 Å². The van der Waals surface area contributed by atoms with Gasteiger partial charge < -0.3 is 0 Å². The van der Waals surface area contributed by atoms with Gasteiger partial charge in [-0.15, -0.1) is 0 Å². The summed E-state index contributed by atoms with van der Waals surface area (Å²) in [7, 11) is 0. The second-order valence-electron chi connectivity index (χ2n) is 27.8. The molecule has 0 nitrogen and oxygen atoms in total. The van der Waals surface area contributed by atoms with Crippen LogP contribution in [0.2, 0.25) is 0 Å². The molecule has 0 aromatic rings. The van der Waals surface area contributed by atoms with E-state index in [-0.39, 0.29) is 0 Å². The maximum atomic E-state index is 2.31. The maximum Gasteiger partial charge on any atom is -0.0359 e. The van der Waals surface area contributed by atoms with Crippen molar-refractivity contribution >= 4 is 0 Å². The van der Waals surface area contributed by atoms with Crippen molar-refractivity contribution in [1.29, 1.82) is 0 Å². The SMILES string of the molecule is CC(C)C(C)(C)C.CCC(C)(C)CC.CCC(C)(C)CC.CCC(C)C(C)C.CCC(C)C(C)C.CCC(CC)CC.CCCC(C)(C)C.CCCC(C)(C)C.CCCC(C)CC.CCCC(C)CC. The van der Waals surface area contributed by atoms with Gasteiger partial charge in [-0.1, -0.05) is 372 Å². The van der Waals surface area contributed by atoms with Crippen LogP contribution in [0.4, 0.5) is 0 Å². The molecule has 0 radical (unpaired) electrons. The Balaban J connectivity index is -0.0000000714. The average Bonchev–Trinajstić information content (AvgIpc) is 3.27. The molecule has 0 rings (SSSR count). The zero-order valence-electron chi connectivity index (χ0n) is 58.6. The van der Waals surface area contributed by atoms with Gasteiger partial charge in [-0.3, -0.25) is 0 Å². The van der Waals surface area contributed by atoms with Crippen molar-refractivity contribution in [2.45, 2.75) is 385 Å². The molecule has 0 aliphatic heterocycles.